The molecular weight excluding hydrogens is 370 g/mol. The minimum absolute atomic E-state index is 0. The van der Waals surface area contributed by atoms with E-state index in [-0.39, 0.29) is 12.4 Å². The van der Waals surface area contributed by atoms with Gasteiger partial charge in [-0.3, -0.25) is 4.79 Å². The highest BCUT2D eigenvalue weighted by Crippen LogP contribution is 2.32. The normalized spacial score (nSPS) is 20.4. The maximum Gasteiger partial charge on any atom is 0.247 e. The minimum Gasteiger partial charge on any atom is -0.317 e. The molecule has 0 bridgehead atoms. The monoisotopic (exact) mass is 393 g/mol. The Morgan fingerprint density at radius 3 is 2.54 bits per heavy atom. The van der Waals surface area contributed by atoms with Gasteiger partial charge in [0.2, 0.25) is 5.91 Å². The summed E-state index contributed by atoms with van der Waals surface area (Å²) in [4.78, 5) is 18.5. The fraction of sp³-hybridized carbons (Fsp3) is 0.733. The van der Waals surface area contributed by atoms with Crippen molar-refractivity contribution >= 4 is 44.6 Å². The zero-order valence-corrected chi connectivity index (χ0v) is 16.2. The Hall–Kier alpha value is -0.700. The van der Waals surface area contributed by atoms with Crippen molar-refractivity contribution in [3.8, 4) is 0 Å². The van der Waals surface area contributed by atoms with E-state index in [9.17, 15) is 13.2 Å². The third-order valence-corrected chi connectivity index (χ3v) is 7.94. The molecule has 24 heavy (non-hydrogen) atoms. The molecule has 136 valence electrons. The first-order chi connectivity index (χ1) is 10.9. The Labute approximate surface area is 153 Å². The molecule has 6 nitrogen and oxygen atoms in total. The number of amides is 1. The number of anilines is 1. The van der Waals surface area contributed by atoms with E-state index in [1.165, 1.54) is 22.6 Å². The Morgan fingerprint density at radius 1 is 1.21 bits per heavy atom. The molecule has 2 N–H and O–H groups in total. The van der Waals surface area contributed by atoms with Gasteiger partial charge in [0.25, 0.3) is 0 Å². The number of halogens is 1. The molecule has 9 heteroatoms. The van der Waals surface area contributed by atoms with Crippen LogP contribution in [0.1, 0.15) is 42.7 Å². The SMILES string of the molecule is CS(=O)(=O)C1(C(=O)Nc2nc3c(s2)CCCCC3)CCNCC1.Cl. The lowest BCUT2D eigenvalue weighted by Crippen LogP contribution is -2.55. The molecule has 1 aliphatic heterocycles. The van der Waals surface area contributed by atoms with E-state index in [1.807, 2.05) is 0 Å². The summed E-state index contributed by atoms with van der Waals surface area (Å²) in [7, 11) is -3.49. The molecule has 2 heterocycles. The van der Waals surface area contributed by atoms with Crippen LogP contribution in [0.25, 0.3) is 0 Å². The van der Waals surface area contributed by atoms with E-state index in [0.717, 1.165) is 37.6 Å². The number of carbonyl (C=O) groups is 1. The number of aryl methyl sites for hydroxylation is 2. The number of thiazole rings is 1. The number of nitrogens with one attached hydrogen (secondary N) is 2. The van der Waals surface area contributed by atoms with Crippen molar-refractivity contribution in [3.63, 3.8) is 0 Å². The molecule has 1 fully saturated rings. The lowest BCUT2D eigenvalue weighted by atomic mass is 9.96. The van der Waals surface area contributed by atoms with Crippen molar-refractivity contribution in [3.05, 3.63) is 10.6 Å². The van der Waals surface area contributed by atoms with Crippen LogP contribution in [0.15, 0.2) is 0 Å². The van der Waals surface area contributed by atoms with Crippen molar-refractivity contribution in [2.75, 3.05) is 24.7 Å². The van der Waals surface area contributed by atoms with Crippen molar-refractivity contribution in [1.29, 1.82) is 0 Å². The molecule has 1 aromatic heterocycles. The number of sulfone groups is 1. The summed E-state index contributed by atoms with van der Waals surface area (Å²) in [5, 5.41) is 6.46. The van der Waals surface area contributed by atoms with Crippen molar-refractivity contribution in [1.82, 2.24) is 10.3 Å². The average molecular weight is 394 g/mol. The Bertz CT molecular complexity index is 673. The summed E-state index contributed by atoms with van der Waals surface area (Å²) in [5.74, 6) is -0.426. The van der Waals surface area contributed by atoms with Crippen LogP contribution in [0.5, 0.6) is 0 Å². The highest BCUT2D eigenvalue weighted by Gasteiger charge is 2.48. The molecule has 0 aromatic carbocycles. The fourth-order valence-electron chi connectivity index (χ4n) is 3.39. The van der Waals surface area contributed by atoms with Crippen LogP contribution in [-0.2, 0) is 27.5 Å². The molecule has 0 spiro atoms. The van der Waals surface area contributed by atoms with E-state index in [1.54, 1.807) is 0 Å². The zero-order valence-electron chi connectivity index (χ0n) is 13.8. The van der Waals surface area contributed by atoms with Crippen molar-refractivity contribution < 1.29 is 13.2 Å². The minimum atomic E-state index is -3.49. The topological polar surface area (TPSA) is 88.2 Å². The lowest BCUT2D eigenvalue weighted by molar-refractivity contribution is -0.119. The highest BCUT2D eigenvalue weighted by atomic mass is 35.5. The predicted molar refractivity (Wildman–Crippen MR) is 98.9 cm³/mol. The Morgan fingerprint density at radius 2 is 1.88 bits per heavy atom. The number of hydrogen-bond donors (Lipinski definition) is 2. The summed E-state index contributed by atoms with van der Waals surface area (Å²) in [6.45, 7) is 1.07. The van der Waals surface area contributed by atoms with Crippen LogP contribution < -0.4 is 10.6 Å². The maximum atomic E-state index is 12.8. The van der Waals surface area contributed by atoms with E-state index >= 15 is 0 Å². The second-order valence-corrected chi connectivity index (χ2v) is 9.83. The van der Waals surface area contributed by atoms with Crippen LogP contribution in [0, 0.1) is 0 Å². The molecule has 2 aliphatic rings. The van der Waals surface area contributed by atoms with Gasteiger partial charge in [0.1, 0.15) is 0 Å². The van der Waals surface area contributed by atoms with Crippen molar-refractivity contribution in [2.45, 2.75) is 49.7 Å². The smallest absolute Gasteiger partial charge is 0.247 e. The molecule has 1 amide bonds. The number of hydrogen-bond acceptors (Lipinski definition) is 6. The summed E-state index contributed by atoms with van der Waals surface area (Å²) >= 11 is 1.50. The summed E-state index contributed by atoms with van der Waals surface area (Å²) in [6, 6.07) is 0. The first-order valence-electron chi connectivity index (χ1n) is 8.13. The molecule has 1 aliphatic carbocycles. The summed E-state index contributed by atoms with van der Waals surface area (Å²) in [5.41, 5.74) is 1.07. The third kappa shape index (κ3) is 3.76. The number of aromatic nitrogens is 1. The van der Waals surface area contributed by atoms with Gasteiger partial charge in [0.15, 0.2) is 19.7 Å². The largest absolute Gasteiger partial charge is 0.317 e. The lowest BCUT2D eigenvalue weighted by Gasteiger charge is -2.33. The summed E-state index contributed by atoms with van der Waals surface area (Å²) in [6.07, 6.45) is 7.23. The Kier molecular flexibility index (Phi) is 6.28. The molecule has 1 saturated heterocycles. The van der Waals surface area contributed by atoms with Gasteiger partial charge in [0.05, 0.1) is 5.69 Å². The van der Waals surface area contributed by atoms with Crippen LogP contribution >= 0.6 is 23.7 Å². The predicted octanol–water partition coefficient (Wildman–Crippen LogP) is 1.94. The van der Waals surface area contributed by atoms with Crippen LogP contribution in [0.3, 0.4) is 0 Å². The van der Waals surface area contributed by atoms with Gasteiger partial charge >= 0.3 is 0 Å². The van der Waals surface area contributed by atoms with Crippen molar-refractivity contribution in [2.24, 2.45) is 0 Å². The number of fused-ring (bicyclic) bond motifs is 1. The highest BCUT2D eigenvalue weighted by molar-refractivity contribution is 7.92. The van der Waals surface area contributed by atoms with E-state index in [4.69, 9.17) is 0 Å². The first-order valence-corrected chi connectivity index (χ1v) is 10.8. The van der Waals surface area contributed by atoms with Gasteiger partial charge in [-0.25, -0.2) is 13.4 Å². The third-order valence-electron chi connectivity index (χ3n) is 4.85. The fourth-order valence-corrected chi connectivity index (χ4v) is 5.77. The first kappa shape index (κ1) is 19.6. The van der Waals surface area contributed by atoms with E-state index < -0.39 is 20.5 Å². The molecule has 3 rings (SSSR count). The van der Waals surface area contributed by atoms with Crippen LogP contribution in [0.4, 0.5) is 5.13 Å². The van der Waals surface area contributed by atoms with Crippen LogP contribution in [0.2, 0.25) is 0 Å². The molecule has 0 atom stereocenters. The average Bonchev–Trinajstić information content (AvgIpc) is 2.75. The van der Waals surface area contributed by atoms with Gasteiger partial charge in [0, 0.05) is 11.1 Å². The quantitative estimate of drug-likeness (QED) is 0.766. The second-order valence-electron chi connectivity index (χ2n) is 6.42. The second kappa shape index (κ2) is 7.68. The zero-order chi connectivity index (χ0) is 16.5. The number of carbonyl (C=O) groups excluding carboxylic acids is 1. The molecule has 0 saturated carbocycles. The Balaban J connectivity index is 0.00000208. The van der Waals surface area contributed by atoms with Gasteiger partial charge in [-0.2, -0.15) is 0 Å². The molecule has 0 unspecified atom stereocenters. The standard InChI is InChI=1S/C15H23N3O3S2.ClH/c1-23(20,21)15(7-9-16-10-8-15)13(19)18-14-17-11-5-3-2-4-6-12(11)22-14;/h16H,2-10H2,1H3,(H,17,18,19);1H. The van der Waals surface area contributed by atoms with E-state index in [0.29, 0.717) is 31.1 Å². The number of piperidine rings is 1. The number of rotatable bonds is 3. The molecule has 0 radical (unpaired) electrons. The van der Waals surface area contributed by atoms with Gasteiger partial charge < -0.3 is 10.6 Å². The molecule has 1 aromatic rings. The van der Waals surface area contributed by atoms with Gasteiger partial charge in [-0.1, -0.05) is 6.42 Å². The van der Waals surface area contributed by atoms with Crippen LogP contribution in [-0.4, -0.2) is 43.4 Å². The number of nitrogens with zero attached hydrogens (tertiary/aromatic N) is 1. The summed E-state index contributed by atoms with van der Waals surface area (Å²) < 4.78 is 23.2. The molecular formula is C15H24ClN3O3S2. The van der Waals surface area contributed by atoms with Gasteiger partial charge in [-0.05, 0) is 51.6 Å². The van der Waals surface area contributed by atoms with E-state index in [2.05, 4.69) is 15.6 Å². The maximum absolute atomic E-state index is 12.8. The van der Waals surface area contributed by atoms with Gasteiger partial charge in [-0.15, -0.1) is 23.7 Å².